The Morgan fingerprint density at radius 2 is 2.18 bits per heavy atom. The Morgan fingerprint density at radius 1 is 1.29 bits per heavy atom. The summed E-state index contributed by atoms with van der Waals surface area (Å²) >= 11 is 0. The van der Waals surface area contributed by atoms with Crippen LogP contribution in [-0.4, -0.2) is 11.0 Å². The first-order valence-corrected chi connectivity index (χ1v) is 5.96. The van der Waals surface area contributed by atoms with Crippen molar-refractivity contribution in [1.29, 1.82) is 0 Å². The third-order valence-corrected chi connectivity index (χ3v) is 3.20. The average Bonchev–Trinajstić information content (AvgIpc) is 2.72. The number of nitrogens with two attached hydrogens (primary N) is 1. The SMILES string of the molecule is Cc1cccc(-c2cc3c([nH]2)=CC(N)CC=3)c1. The van der Waals surface area contributed by atoms with Gasteiger partial charge in [0.1, 0.15) is 0 Å². The van der Waals surface area contributed by atoms with E-state index in [1.807, 2.05) is 0 Å². The van der Waals surface area contributed by atoms with Crippen LogP contribution < -0.4 is 16.3 Å². The second kappa shape index (κ2) is 3.90. The second-order valence-electron chi connectivity index (χ2n) is 4.69. The number of hydrogen-bond donors (Lipinski definition) is 2. The number of rotatable bonds is 1. The maximum Gasteiger partial charge on any atom is 0.0464 e. The lowest BCUT2D eigenvalue weighted by atomic mass is 10.1. The molecule has 3 rings (SSSR count). The molecule has 17 heavy (non-hydrogen) atoms. The zero-order valence-corrected chi connectivity index (χ0v) is 9.90. The van der Waals surface area contributed by atoms with Crippen LogP contribution in [0.4, 0.5) is 0 Å². The fourth-order valence-electron chi connectivity index (χ4n) is 2.31. The highest BCUT2D eigenvalue weighted by Crippen LogP contribution is 2.15. The first-order chi connectivity index (χ1) is 8.22. The van der Waals surface area contributed by atoms with Crippen LogP contribution in [0.15, 0.2) is 30.3 Å². The van der Waals surface area contributed by atoms with E-state index in [1.165, 1.54) is 22.0 Å². The van der Waals surface area contributed by atoms with Crippen molar-refractivity contribution in [2.24, 2.45) is 5.73 Å². The highest BCUT2D eigenvalue weighted by Gasteiger charge is 2.06. The summed E-state index contributed by atoms with van der Waals surface area (Å²) in [5.41, 5.74) is 9.59. The number of benzene rings is 1. The van der Waals surface area contributed by atoms with Crippen molar-refractivity contribution in [2.45, 2.75) is 19.4 Å². The lowest BCUT2D eigenvalue weighted by Crippen LogP contribution is -2.32. The van der Waals surface area contributed by atoms with E-state index in [0.29, 0.717) is 0 Å². The average molecular weight is 224 g/mol. The van der Waals surface area contributed by atoms with Gasteiger partial charge in [-0.25, -0.2) is 0 Å². The summed E-state index contributed by atoms with van der Waals surface area (Å²) in [7, 11) is 0. The molecule has 0 bridgehead atoms. The molecule has 0 saturated heterocycles. The van der Waals surface area contributed by atoms with E-state index in [1.54, 1.807) is 0 Å². The smallest absolute Gasteiger partial charge is 0.0464 e. The van der Waals surface area contributed by atoms with Gasteiger partial charge in [0.05, 0.1) is 0 Å². The van der Waals surface area contributed by atoms with E-state index in [2.05, 4.69) is 54.4 Å². The van der Waals surface area contributed by atoms with Gasteiger partial charge in [-0.05, 0) is 42.3 Å². The quantitative estimate of drug-likeness (QED) is 0.753. The van der Waals surface area contributed by atoms with Gasteiger partial charge in [0.25, 0.3) is 0 Å². The van der Waals surface area contributed by atoms with Crippen molar-refractivity contribution >= 4 is 12.2 Å². The number of aromatic amines is 1. The van der Waals surface area contributed by atoms with Gasteiger partial charge in [-0.3, -0.25) is 0 Å². The third kappa shape index (κ3) is 1.92. The summed E-state index contributed by atoms with van der Waals surface area (Å²) in [4.78, 5) is 3.44. The van der Waals surface area contributed by atoms with E-state index in [-0.39, 0.29) is 6.04 Å². The van der Waals surface area contributed by atoms with Crippen LogP contribution in [-0.2, 0) is 0 Å². The Hall–Kier alpha value is -1.80. The van der Waals surface area contributed by atoms with E-state index >= 15 is 0 Å². The molecular weight excluding hydrogens is 208 g/mol. The molecule has 86 valence electrons. The highest BCUT2D eigenvalue weighted by molar-refractivity contribution is 5.62. The summed E-state index contributed by atoms with van der Waals surface area (Å²) in [6.07, 6.45) is 5.24. The monoisotopic (exact) mass is 224 g/mol. The van der Waals surface area contributed by atoms with E-state index in [4.69, 9.17) is 5.73 Å². The van der Waals surface area contributed by atoms with Crippen molar-refractivity contribution in [3.8, 4) is 11.3 Å². The Balaban J connectivity index is 2.16. The number of aryl methyl sites for hydroxylation is 1. The minimum Gasteiger partial charge on any atom is -0.355 e. The van der Waals surface area contributed by atoms with Crippen LogP contribution in [0.25, 0.3) is 23.4 Å². The van der Waals surface area contributed by atoms with E-state index in [9.17, 15) is 0 Å². The molecule has 1 atom stereocenters. The number of hydrogen-bond acceptors (Lipinski definition) is 1. The van der Waals surface area contributed by atoms with Crippen LogP contribution in [0.3, 0.4) is 0 Å². The fourth-order valence-corrected chi connectivity index (χ4v) is 2.31. The lowest BCUT2D eigenvalue weighted by molar-refractivity contribution is 0.884. The van der Waals surface area contributed by atoms with Crippen molar-refractivity contribution in [1.82, 2.24) is 4.98 Å². The predicted molar refractivity (Wildman–Crippen MR) is 71.7 cm³/mol. The molecule has 0 amide bonds. The molecule has 0 spiro atoms. The van der Waals surface area contributed by atoms with Crippen LogP contribution in [0.1, 0.15) is 12.0 Å². The first-order valence-electron chi connectivity index (χ1n) is 5.96. The molecule has 2 aromatic rings. The van der Waals surface area contributed by atoms with Crippen LogP contribution in [0.2, 0.25) is 0 Å². The van der Waals surface area contributed by atoms with Gasteiger partial charge in [-0.1, -0.05) is 29.8 Å². The first kappa shape index (κ1) is 10.4. The molecule has 0 fully saturated rings. The summed E-state index contributed by atoms with van der Waals surface area (Å²) < 4.78 is 0. The topological polar surface area (TPSA) is 41.8 Å². The normalized spacial score (nSPS) is 18.1. The molecule has 2 heteroatoms. The van der Waals surface area contributed by atoms with Gasteiger partial charge in [0.15, 0.2) is 0 Å². The Bertz CT molecular complexity index is 664. The van der Waals surface area contributed by atoms with Gasteiger partial charge < -0.3 is 10.7 Å². The zero-order valence-electron chi connectivity index (χ0n) is 9.90. The van der Waals surface area contributed by atoms with Gasteiger partial charge >= 0.3 is 0 Å². The molecule has 0 aliphatic heterocycles. The summed E-state index contributed by atoms with van der Waals surface area (Å²) in [6, 6.07) is 10.9. The molecule has 1 aliphatic rings. The summed E-state index contributed by atoms with van der Waals surface area (Å²) in [5, 5.41) is 2.42. The second-order valence-corrected chi connectivity index (χ2v) is 4.69. The zero-order chi connectivity index (χ0) is 11.8. The molecule has 1 unspecified atom stereocenters. The lowest BCUT2D eigenvalue weighted by Gasteiger charge is -2.03. The van der Waals surface area contributed by atoms with Gasteiger partial charge in [-0.2, -0.15) is 0 Å². The predicted octanol–water partition coefficient (Wildman–Crippen LogP) is 1.28. The van der Waals surface area contributed by atoms with E-state index in [0.717, 1.165) is 11.8 Å². The fraction of sp³-hybridized carbons (Fsp3) is 0.200. The Morgan fingerprint density at radius 3 is 3.00 bits per heavy atom. The molecule has 3 N–H and O–H groups in total. The number of aromatic nitrogens is 1. The van der Waals surface area contributed by atoms with Crippen LogP contribution >= 0.6 is 0 Å². The highest BCUT2D eigenvalue weighted by atomic mass is 14.7. The standard InChI is InChI=1S/C15H16N2/c1-10-3-2-4-11(7-10)14-8-12-5-6-13(16)9-15(12)17-14/h2-5,7-9,13,17H,6,16H2,1H3. The van der Waals surface area contributed by atoms with Gasteiger partial charge in [0, 0.05) is 17.1 Å². The van der Waals surface area contributed by atoms with Crippen molar-refractivity contribution in [2.75, 3.05) is 0 Å². The van der Waals surface area contributed by atoms with Crippen molar-refractivity contribution in [3.63, 3.8) is 0 Å². The number of H-pyrrole nitrogens is 1. The number of nitrogens with one attached hydrogen (secondary N) is 1. The molecular formula is C15H16N2. The molecule has 2 nitrogen and oxygen atoms in total. The molecule has 1 aromatic heterocycles. The van der Waals surface area contributed by atoms with Crippen LogP contribution in [0.5, 0.6) is 0 Å². The summed E-state index contributed by atoms with van der Waals surface area (Å²) in [5.74, 6) is 0. The molecule has 1 aliphatic carbocycles. The van der Waals surface area contributed by atoms with Crippen molar-refractivity contribution in [3.05, 3.63) is 46.5 Å². The summed E-state index contributed by atoms with van der Waals surface area (Å²) in [6.45, 7) is 2.11. The van der Waals surface area contributed by atoms with Gasteiger partial charge in [0.2, 0.25) is 0 Å². The van der Waals surface area contributed by atoms with Crippen molar-refractivity contribution < 1.29 is 0 Å². The molecule has 1 heterocycles. The molecule has 0 radical (unpaired) electrons. The Labute approximate surface area is 100 Å². The minimum absolute atomic E-state index is 0.145. The number of fused-ring (bicyclic) bond motifs is 1. The molecule has 0 saturated carbocycles. The van der Waals surface area contributed by atoms with E-state index < -0.39 is 0 Å². The maximum atomic E-state index is 5.91. The molecule has 1 aromatic carbocycles. The maximum absolute atomic E-state index is 5.91. The third-order valence-electron chi connectivity index (χ3n) is 3.20. The Kier molecular flexibility index (Phi) is 2.37. The van der Waals surface area contributed by atoms with Gasteiger partial charge in [-0.15, -0.1) is 0 Å². The van der Waals surface area contributed by atoms with Crippen LogP contribution in [0, 0.1) is 6.92 Å². The largest absolute Gasteiger partial charge is 0.355 e. The minimum atomic E-state index is 0.145.